The van der Waals surface area contributed by atoms with Crippen molar-refractivity contribution in [2.24, 2.45) is 0 Å². The molecule has 0 fully saturated rings. The smallest absolute Gasteiger partial charge is 0.251 e. The average molecular weight is 388 g/mol. The topological polar surface area (TPSA) is 75.1 Å². The van der Waals surface area contributed by atoms with Gasteiger partial charge in [-0.2, -0.15) is 10.1 Å². The molecule has 0 radical (unpaired) electrons. The van der Waals surface area contributed by atoms with E-state index in [-0.39, 0.29) is 11.9 Å². The Kier molecular flexibility index (Phi) is 5.03. The Hall–Kier alpha value is -3.61. The summed E-state index contributed by atoms with van der Waals surface area (Å²) in [6.07, 6.45) is 1.50. The molecule has 2 aromatic carbocycles. The van der Waals surface area contributed by atoms with Gasteiger partial charge < -0.3 is 15.5 Å². The second-order valence-electron chi connectivity index (χ2n) is 7.25. The van der Waals surface area contributed by atoms with E-state index >= 15 is 0 Å². The summed E-state index contributed by atoms with van der Waals surface area (Å²) in [6, 6.07) is 17.7. The average Bonchev–Trinajstić information content (AvgIpc) is 3.20. The molecular formula is C22H24N6O. The molecule has 0 spiro atoms. The Labute approximate surface area is 170 Å². The van der Waals surface area contributed by atoms with Crippen LogP contribution in [0.3, 0.4) is 0 Å². The van der Waals surface area contributed by atoms with Crippen molar-refractivity contribution in [3.05, 3.63) is 83.3 Å². The number of hydrogen-bond acceptors (Lipinski definition) is 5. The molecule has 0 saturated heterocycles. The molecule has 4 rings (SSSR count). The fourth-order valence-electron chi connectivity index (χ4n) is 3.52. The van der Waals surface area contributed by atoms with Gasteiger partial charge in [-0.3, -0.25) is 4.79 Å². The van der Waals surface area contributed by atoms with Crippen molar-refractivity contribution in [1.29, 1.82) is 0 Å². The highest BCUT2D eigenvalue weighted by Gasteiger charge is 2.33. The second kappa shape index (κ2) is 7.79. The Balaban J connectivity index is 1.67. The number of aromatic nitrogens is 3. The molecular weight excluding hydrogens is 364 g/mol. The van der Waals surface area contributed by atoms with Gasteiger partial charge in [-0.15, -0.1) is 0 Å². The Morgan fingerprint density at radius 2 is 1.86 bits per heavy atom. The van der Waals surface area contributed by atoms with Crippen LogP contribution in [0.4, 0.5) is 11.6 Å². The van der Waals surface area contributed by atoms with E-state index in [0.29, 0.717) is 18.1 Å². The lowest BCUT2D eigenvalue weighted by Crippen LogP contribution is -2.34. The summed E-state index contributed by atoms with van der Waals surface area (Å²) >= 11 is 0. The molecule has 0 saturated carbocycles. The van der Waals surface area contributed by atoms with Crippen molar-refractivity contribution in [2.75, 3.05) is 24.3 Å². The van der Waals surface area contributed by atoms with Gasteiger partial charge in [-0.1, -0.05) is 42.5 Å². The summed E-state index contributed by atoms with van der Waals surface area (Å²) in [7, 11) is 4.00. The van der Waals surface area contributed by atoms with Gasteiger partial charge in [0.15, 0.2) is 0 Å². The number of carbonyl (C=O) groups excluding carboxylic acids is 1. The molecule has 2 N–H and O–H groups in total. The molecule has 1 aliphatic heterocycles. The summed E-state index contributed by atoms with van der Waals surface area (Å²) in [5, 5.41) is 10.6. The molecule has 2 heterocycles. The van der Waals surface area contributed by atoms with Gasteiger partial charge in [-0.25, -0.2) is 4.68 Å². The van der Waals surface area contributed by atoms with Crippen molar-refractivity contribution < 1.29 is 4.79 Å². The first-order valence-corrected chi connectivity index (χ1v) is 9.51. The van der Waals surface area contributed by atoms with Crippen LogP contribution in [0, 0.1) is 0 Å². The van der Waals surface area contributed by atoms with Gasteiger partial charge >= 0.3 is 0 Å². The van der Waals surface area contributed by atoms with E-state index in [1.165, 1.54) is 6.33 Å². The van der Waals surface area contributed by atoms with Crippen molar-refractivity contribution in [3.63, 3.8) is 0 Å². The molecule has 3 aromatic rings. The summed E-state index contributed by atoms with van der Waals surface area (Å²) in [5.41, 5.74) is 4.54. The maximum atomic E-state index is 13.2. The Morgan fingerprint density at radius 3 is 2.55 bits per heavy atom. The monoisotopic (exact) mass is 388 g/mol. The first kappa shape index (κ1) is 18.7. The number of hydrogen-bond donors (Lipinski definition) is 2. The van der Waals surface area contributed by atoms with Gasteiger partial charge in [0, 0.05) is 32.0 Å². The maximum absolute atomic E-state index is 13.2. The standard InChI is InChI=1S/C22H24N6O/c1-15-19(21(29)23-13-16-7-5-4-6-8-16)20(28-22(26-15)24-14-25-28)17-9-11-18(12-10-17)27(2)3/h4-12,14,20H,13H2,1-3H3,(H,23,29)(H,24,25,26)/t20-/m0/s1. The molecule has 0 bridgehead atoms. The fraction of sp³-hybridized carbons (Fsp3) is 0.227. The minimum Gasteiger partial charge on any atom is -0.378 e. The van der Waals surface area contributed by atoms with Crippen molar-refractivity contribution in [1.82, 2.24) is 20.1 Å². The van der Waals surface area contributed by atoms with Gasteiger partial charge in [0.2, 0.25) is 5.95 Å². The zero-order chi connectivity index (χ0) is 20.4. The number of allylic oxidation sites excluding steroid dienone is 1. The van der Waals surface area contributed by atoms with Crippen LogP contribution in [-0.4, -0.2) is 34.8 Å². The minimum absolute atomic E-state index is 0.123. The summed E-state index contributed by atoms with van der Waals surface area (Å²) in [4.78, 5) is 19.5. The highest BCUT2D eigenvalue weighted by molar-refractivity contribution is 5.96. The molecule has 1 atom stereocenters. The van der Waals surface area contributed by atoms with Crippen LogP contribution < -0.4 is 15.5 Å². The first-order valence-electron chi connectivity index (χ1n) is 9.51. The van der Waals surface area contributed by atoms with E-state index < -0.39 is 0 Å². The van der Waals surface area contributed by atoms with E-state index in [1.807, 2.05) is 80.5 Å². The Bertz CT molecular complexity index is 1040. The molecule has 0 aliphatic carbocycles. The van der Waals surface area contributed by atoms with Gasteiger partial charge in [0.25, 0.3) is 5.91 Å². The lowest BCUT2D eigenvalue weighted by molar-refractivity contribution is -0.118. The van der Waals surface area contributed by atoms with Crippen LogP contribution >= 0.6 is 0 Å². The lowest BCUT2D eigenvalue weighted by atomic mass is 9.94. The number of nitrogens with zero attached hydrogens (tertiary/aromatic N) is 4. The molecule has 1 aliphatic rings. The van der Waals surface area contributed by atoms with Crippen molar-refractivity contribution in [3.8, 4) is 0 Å². The summed E-state index contributed by atoms with van der Waals surface area (Å²) in [5.74, 6) is 0.505. The maximum Gasteiger partial charge on any atom is 0.251 e. The van der Waals surface area contributed by atoms with E-state index in [1.54, 1.807) is 4.68 Å². The zero-order valence-electron chi connectivity index (χ0n) is 16.8. The van der Waals surface area contributed by atoms with Crippen LogP contribution in [0.15, 0.2) is 72.2 Å². The normalized spacial score (nSPS) is 15.5. The van der Waals surface area contributed by atoms with Gasteiger partial charge in [0.05, 0.1) is 5.57 Å². The number of rotatable bonds is 5. The molecule has 148 valence electrons. The third-order valence-corrected chi connectivity index (χ3v) is 5.06. The SMILES string of the molecule is CC1=C(C(=O)NCc2ccccc2)[C@H](c2ccc(N(C)C)cc2)n2ncnc2N1. The van der Waals surface area contributed by atoms with Crippen molar-refractivity contribution >= 4 is 17.5 Å². The molecule has 7 nitrogen and oxygen atoms in total. The number of amides is 1. The molecule has 1 amide bonds. The third kappa shape index (κ3) is 3.71. The van der Waals surface area contributed by atoms with E-state index in [4.69, 9.17) is 0 Å². The first-order chi connectivity index (χ1) is 14.0. The van der Waals surface area contributed by atoms with E-state index in [9.17, 15) is 4.79 Å². The van der Waals surface area contributed by atoms with Crippen LogP contribution in [0.25, 0.3) is 0 Å². The molecule has 0 unspecified atom stereocenters. The molecule has 7 heteroatoms. The number of benzene rings is 2. The lowest BCUT2D eigenvalue weighted by Gasteiger charge is -2.29. The number of anilines is 2. The number of nitrogens with one attached hydrogen (secondary N) is 2. The Morgan fingerprint density at radius 1 is 1.14 bits per heavy atom. The number of fused-ring (bicyclic) bond motifs is 1. The summed E-state index contributed by atoms with van der Waals surface area (Å²) in [6.45, 7) is 2.36. The fourth-order valence-corrected chi connectivity index (χ4v) is 3.52. The number of carbonyl (C=O) groups is 1. The predicted octanol–water partition coefficient (Wildman–Crippen LogP) is 2.95. The predicted molar refractivity (Wildman–Crippen MR) is 114 cm³/mol. The zero-order valence-corrected chi connectivity index (χ0v) is 16.8. The van der Waals surface area contributed by atoms with E-state index in [0.717, 1.165) is 22.5 Å². The highest BCUT2D eigenvalue weighted by Crippen LogP contribution is 2.35. The van der Waals surface area contributed by atoms with Crippen molar-refractivity contribution in [2.45, 2.75) is 19.5 Å². The van der Waals surface area contributed by atoms with E-state index in [2.05, 4.69) is 20.7 Å². The van der Waals surface area contributed by atoms with Crippen LogP contribution in [0.1, 0.15) is 24.1 Å². The highest BCUT2D eigenvalue weighted by atomic mass is 16.1. The van der Waals surface area contributed by atoms with Gasteiger partial charge in [-0.05, 0) is 30.2 Å². The largest absolute Gasteiger partial charge is 0.378 e. The van der Waals surface area contributed by atoms with Crippen LogP contribution in [-0.2, 0) is 11.3 Å². The second-order valence-corrected chi connectivity index (χ2v) is 7.25. The van der Waals surface area contributed by atoms with Crippen LogP contribution in [0.2, 0.25) is 0 Å². The van der Waals surface area contributed by atoms with Crippen LogP contribution in [0.5, 0.6) is 0 Å². The molecule has 1 aromatic heterocycles. The summed E-state index contributed by atoms with van der Waals surface area (Å²) < 4.78 is 1.76. The van der Waals surface area contributed by atoms with Gasteiger partial charge in [0.1, 0.15) is 12.4 Å². The minimum atomic E-state index is -0.347. The third-order valence-electron chi connectivity index (χ3n) is 5.06. The quantitative estimate of drug-likeness (QED) is 0.703. The molecule has 29 heavy (non-hydrogen) atoms.